The van der Waals surface area contributed by atoms with Gasteiger partial charge < -0.3 is 5.11 Å². The van der Waals surface area contributed by atoms with Crippen molar-refractivity contribution in [2.45, 2.75) is 79.0 Å². The molecule has 2 nitrogen and oxygen atoms in total. The monoisotopic (exact) mass is 241 g/mol. The van der Waals surface area contributed by atoms with Gasteiger partial charge >= 0.3 is 0 Å². The van der Waals surface area contributed by atoms with E-state index in [0.29, 0.717) is 0 Å². The van der Waals surface area contributed by atoms with Crippen LogP contribution in [0, 0.1) is 5.41 Å². The summed E-state index contributed by atoms with van der Waals surface area (Å²) in [5.41, 5.74) is -0.155. The van der Waals surface area contributed by atoms with Crippen molar-refractivity contribution in [2.75, 3.05) is 0 Å². The van der Waals surface area contributed by atoms with E-state index in [1.54, 1.807) is 0 Å². The third-order valence-corrected chi connectivity index (χ3v) is 4.17. The van der Waals surface area contributed by atoms with E-state index in [1.165, 1.54) is 0 Å². The maximum atomic E-state index is 10.4. The van der Waals surface area contributed by atoms with E-state index >= 15 is 0 Å². The van der Waals surface area contributed by atoms with Gasteiger partial charge in [0.1, 0.15) is 6.23 Å². The van der Waals surface area contributed by atoms with Crippen molar-refractivity contribution in [2.24, 2.45) is 5.41 Å². The van der Waals surface area contributed by atoms with Crippen LogP contribution in [0.1, 0.15) is 67.2 Å². The number of allylic oxidation sites excluding steroid dienone is 1. The summed E-state index contributed by atoms with van der Waals surface area (Å²) in [6, 6.07) is 0. The molecule has 0 amide bonds. The molecule has 102 valence electrons. The predicted octanol–water partition coefficient (Wildman–Crippen LogP) is 3.86. The molecule has 0 aromatic rings. The highest BCUT2D eigenvalue weighted by atomic mass is 16.3. The lowest BCUT2D eigenvalue weighted by atomic mass is 9.83. The lowest BCUT2D eigenvalue weighted by Crippen LogP contribution is -2.53. The molecule has 0 aliphatic heterocycles. The molecule has 0 saturated carbocycles. The molecule has 0 bridgehead atoms. The molecule has 0 radical (unpaired) electrons. The molecule has 2 heteroatoms. The van der Waals surface area contributed by atoms with E-state index in [-0.39, 0.29) is 11.0 Å². The van der Waals surface area contributed by atoms with Gasteiger partial charge in [0.2, 0.25) is 0 Å². The molecule has 2 unspecified atom stereocenters. The number of nitrogens with one attached hydrogen (secondary N) is 1. The maximum absolute atomic E-state index is 10.4. The number of aliphatic hydroxyl groups is 1. The normalized spacial score (nSPS) is 18.3. The van der Waals surface area contributed by atoms with Crippen molar-refractivity contribution in [3.05, 3.63) is 12.2 Å². The Morgan fingerprint density at radius 1 is 1.06 bits per heavy atom. The molecule has 0 aromatic heterocycles. The minimum atomic E-state index is -0.486. The summed E-state index contributed by atoms with van der Waals surface area (Å²) in [4.78, 5) is 0. The highest BCUT2D eigenvalue weighted by Gasteiger charge is 2.33. The summed E-state index contributed by atoms with van der Waals surface area (Å²) in [5.74, 6) is 0. The Balaban J connectivity index is 4.75. The Bertz CT molecular complexity index is 233. The minimum Gasteiger partial charge on any atom is -0.378 e. The summed E-state index contributed by atoms with van der Waals surface area (Å²) in [6.45, 7) is 12.9. The average Bonchev–Trinajstić information content (AvgIpc) is 2.35. The van der Waals surface area contributed by atoms with E-state index < -0.39 is 6.23 Å². The van der Waals surface area contributed by atoms with Crippen LogP contribution < -0.4 is 5.32 Å². The maximum Gasteiger partial charge on any atom is 0.114 e. The Labute approximate surface area is 108 Å². The molecule has 0 spiro atoms. The standard InChI is InChI=1S/C15H31NO/c1-7-11-12-14(5,8-2)13(17)16-15(6,9-3)10-4/h11-13,16-17H,7-10H2,1-6H3. The molecule has 17 heavy (non-hydrogen) atoms. The zero-order chi connectivity index (χ0) is 13.5. The summed E-state index contributed by atoms with van der Waals surface area (Å²) in [5, 5.41) is 13.8. The van der Waals surface area contributed by atoms with E-state index in [1.807, 2.05) is 0 Å². The third kappa shape index (κ3) is 4.81. The van der Waals surface area contributed by atoms with Crippen molar-refractivity contribution in [1.82, 2.24) is 5.32 Å². The molecule has 0 rings (SSSR count). The van der Waals surface area contributed by atoms with Gasteiger partial charge in [0.05, 0.1) is 0 Å². The van der Waals surface area contributed by atoms with Crippen LogP contribution in [0.3, 0.4) is 0 Å². The fraction of sp³-hybridized carbons (Fsp3) is 0.867. The minimum absolute atomic E-state index is 0.0237. The average molecular weight is 241 g/mol. The topological polar surface area (TPSA) is 32.3 Å². The number of aliphatic hydroxyl groups excluding tert-OH is 1. The Kier molecular flexibility index (Phi) is 7.03. The summed E-state index contributed by atoms with van der Waals surface area (Å²) < 4.78 is 0. The van der Waals surface area contributed by atoms with Crippen LogP contribution in [-0.2, 0) is 0 Å². The predicted molar refractivity (Wildman–Crippen MR) is 76.0 cm³/mol. The van der Waals surface area contributed by atoms with Crippen molar-refractivity contribution in [3.8, 4) is 0 Å². The summed E-state index contributed by atoms with van der Waals surface area (Å²) in [6.07, 6.45) is 7.80. The highest BCUT2D eigenvalue weighted by Crippen LogP contribution is 2.29. The lowest BCUT2D eigenvalue weighted by molar-refractivity contribution is 0.00869. The van der Waals surface area contributed by atoms with Crippen LogP contribution in [0.4, 0.5) is 0 Å². The van der Waals surface area contributed by atoms with Gasteiger partial charge in [-0.25, -0.2) is 0 Å². The fourth-order valence-corrected chi connectivity index (χ4v) is 1.74. The van der Waals surface area contributed by atoms with Gasteiger partial charge in [0, 0.05) is 11.0 Å². The summed E-state index contributed by atoms with van der Waals surface area (Å²) in [7, 11) is 0. The Morgan fingerprint density at radius 3 is 1.94 bits per heavy atom. The highest BCUT2D eigenvalue weighted by molar-refractivity contribution is 5.01. The van der Waals surface area contributed by atoms with Gasteiger partial charge in [0.25, 0.3) is 0 Å². The Hall–Kier alpha value is -0.340. The molecule has 0 aliphatic rings. The van der Waals surface area contributed by atoms with Crippen molar-refractivity contribution in [3.63, 3.8) is 0 Å². The molecule has 2 N–H and O–H groups in total. The van der Waals surface area contributed by atoms with Gasteiger partial charge in [-0.15, -0.1) is 0 Å². The van der Waals surface area contributed by atoms with Crippen LogP contribution in [0.2, 0.25) is 0 Å². The zero-order valence-electron chi connectivity index (χ0n) is 12.5. The first-order valence-electron chi connectivity index (χ1n) is 7.00. The van der Waals surface area contributed by atoms with Gasteiger partial charge in [0.15, 0.2) is 0 Å². The van der Waals surface area contributed by atoms with Crippen LogP contribution in [-0.4, -0.2) is 16.9 Å². The van der Waals surface area contributed by atoms with Crippen LogP contribution in [0.5, 0.6) is 0 Å². The zero-order valence-corrected chi connectivity index (χ0v) is 12.5. The molecular formula is C15H31NO. The first-order valence-corrected chi connectivity index (χ1v) is 7.00. The molecule has 0 aliphatic carbocycles. The second-order valence-corrected chi connectivity index (χ2v) is 5.48. The third-order valence-electron chi connectivity index (χ3n) is 4.17. The van der Waals surface area contributed by atoms with E-state index in [2.05, 4.69) is 59.0 Å². The quantitative estimate of drug-likeness (QED) is 0.499. The number of rotatable bonds is 8. The molecule has 2 atom stereocenters. The van der Waals surface area contributed by atoms with E-state index in [0.717, 1.165) is 25.7 Å². The second-order valence-electron chi connectivity index (χ2n) is 5.48. The smallest absolute Gasteiger partial charge is 0.114 e. The van der Waals surface area contributed by atoms with Crippen molar-refractivity contribution in [1.29, 1.82) is 0 Å². The number of hydrogen-bond donors (Lipinski definition) is 2. The second kappa shape index (κ2) is 7.17. The lowest BCUT2D eigenvalue weighted by Gasteiger charge is -2.39. The fourth-order valence-electron chi connectivity index (χ4n) is 1.74. The van der Waals surface area contributed by atoms with Crippen molar-refractivity contribution >= 4 is 0 Å². The first-order chi connectivity index (χ1) is 7.87. The van der Waals surface area contributed by atoms with E-state index in [4.69, 9.17) is 0 Å². The van der Waals surface area contributed by atoms with Crippen molar-refractivity contribution < 1.29 is 5.11 Å². The largest absolute Gasteiger partial charge is 0.378 e. The van der Waals surface area contributed by atoms with E-state index in [9.17, 15) is 5.11 Å². The molecule has 0 saturated heterocycles. The summed E-state index contributed by atoms with van der Waals surface area (Å²) >= 11 is 0. The van der Waals surface area contributed by atoms with Crippen LogP contribution >= 0.6 is 0 Å². The van der Waals surface area contributed by atoms with Crippen LogP contribution in [0.25, 0.3) is 0 Å². The SMILES string of the molecule is CCC=CC(C)(CC)C(O)NC(C)(CC)CC. The van der Waals surface area contributed by atoms with Gasteiger partial charge in [-0.05, 0) is 32.6 Å². The molecule has 0 fully saturated rings. The Morgan fingerprint density at radius 2 is 1.59 bits per heavy atom. The van der Waals surface area contributed by atoms with Gasteiger partial charge in [-0.2, -0.15) is 0 Å². The molecule has 0 heterocycles. The van der Waals surface area contributed by atoms with Gasteiger partial charge in [-0.1, -0.05) is 46.8 Å². The first kappa shape index (κ1) is 16.7. The molecule has 0 aromatic carbocycles. The van der Waals surface area contributed by atoms with Crippen LogP contribution in [0.15, 0.2) is 12.2 Å². The van der Waals surface area contributed by atoms with Gasteiger partial charge in [-0.3, -0.25) is 5.32 Å². The number of hydrogen-bond acceptors (Lipinski definition) is 2. The molecular weight excluding hydrogens is 210 g/mol.